The number of nitrogens with one attached hydrogen (secondary N) is 1. The van der Waals surface area contributed by atoms with E-state index in [1.165, 1.54) is 38.6 Å². The summed E-state index contributed by atoms with van der Waals surface area (Å²) in [6.07, 6.45) is 6.28. The minimum absolute atomic E-state index is 0.516. The molecule has 3 aromatic rings. The third-order valence-electron chi connectivity index (χ3n) is 6.19. The van der Waals surface area contributed by atoms with E-state index in [2.05, 4.69) is 62.2 Å². The standard InChI is InChI=1S/C22H29BrN6S/c1-2-11-27-12-14-28(15-13-27)22-26-29-20(24-18-5-3-4-6-18)19(25-21(29)30-22)16-7-9-17(23)10-8-16/h7-10,18,24H,2-6,11-15H2,1H3. The normalized spacial score (nSPS) is 18.5. The summed E-state index contributed by atoms with van der Waals surface area (Å²) in [4.78, 5) is 11.0. The van der Waals surface area contributed by atoms with Crippen LogP contribution in [0.1, 0.15) is 39.0 Å². The lowest BCUT2D eigenvalue weighted by Gasteiger charge is -2.34. The van der Waals surface area contributed by atoms with Crippen molar-refractivity contribution in [1.29, 1.82) is 0 Å². The first-order valence-corrected chi connectivity index (χ1v) is 12.7. The van der Waals surface area contributed by atoms with Crippen molar-refractivity contribution in [3.05, 3.63) is 28.7 Å². The third kappa shape index (κ3) is 4.09. The number of piperazine rings is 1. The molecule has 1 aliphatic carbocycles. The lowest BCUT2D eigenvalue weighted by atomic mass is 10.1. The fraction of sp³-hybridized carbons (Fsp3) is 0.545. The molecule has 1 N–H and O–H groups in total. The molecule has 0 bridgehead atoms. The molecule has 8 heteroatoms. The van der Waals surface area contributed by atoms with Crippen LogP contribution in [0, 0.1) is 0 Å². The second kappa shape index (κ2) is 8.85. The molecule has 0 unspecified atom stereocenters. The second-order valence-electron chi connectivity index (χ2n) is 8.35. The third-order valence-corrected chi connectivity index (χ3v) is 7.69. The smallest absolute Gasteiger partial charge is 0.216 e. The highest BCUT2D eigenvalue weighted by Crippen LogP contribution is 2.35. The van der Waals surface area contributed by atoms with E-state index in [0.717, 1.165) is 57.8 Å². The van der Waals surface area contributed by atoms with Crippen LogP contribution >= 0.6 is 27.3 Å². The van der Waals surface area contributed by atoms with Crippen molar-refractivity contribution in [3.8, 4) is 11.3 Å². The molecule has 160 valence electrons. The van der Waals surface area contributed by atoms with Gasteiger partial charge in [-0.25, -0.2) is 4.98 Å². The average molecular weight is 489 g/mol. The van der Waals surface area contributed by atoms with Gasteiger partial charge in [-0.2, -0.15) is 4.52 Å². The molecule has 30 heavy (non-hydrogen) atoms. The van der Waals surface area contributed by atoms with Gasteiger partial charge in [0, 0.05) is 42.3 Å². The van der Waals surface area contributed by atoms with Gasteiger partial charge in [-0.3, -0.25) is 4.90 Å². The van der Waals surface area contributed by atoms with Gasteiger partial charge in [0.1, 0.15) is 5.69 Å². The molecule has 0 radical (unpaired) electrons. The fourth-order valence-corrected chi connectivity index (χ4v) is 5.76. The first kappa shape index (κ1) is 20.3. The second-order valence-corrected chi connectivity index (χ2v) is 10.2. The van der Waals surface area contributed by atoms with E-state index < -0.39 is 0 Å². The summed E-state index contributed by atoms with van der Waals surface area (Å²) in [7, 11) is 0. The van der Waals surface area contributed by atoms with E-state index >= 15 is 0 Å². The van der Waals surface area contributed by atoms with Gasteiger partial charge in [-0.05, 0) is 37.9 Å². The van der Waals surface area contributed by atoms with Crippen molar-refractivity contribution < 1.29 is 0 Å². The van der Waals surface area contributed by atoms with Crippen LogP contribution in [0.25, 0.3) is 16.2 Å². The maximum atomic E-state index is 5.02. The summed E-state index contributed by atoms with van der Waals surface area (Å²) in [5.74, 6) is 1.05. The van der Waals surface area contributed by atoms with Crippen molar-refractivity contribution in [2.75, 3.05) is 42.9 Å². The van der Waals surface area contributed by atoms with E-state index in [1.54, 1.807) is 11.3 Å². The summed E-state index contributed by atoms with van der Waals surface area (Å²) >= 11 is 5.25. The van der Waals surface area contributed by atoms with E-state index in [4.69, 9.17) is 10.1 Å². The predicted octanol–water partition coefficient (Wildman–Crippen LogP) is 5.11. The zero-order valence-electron chi connectivity index (χ0n) is 17.5. The number of halogens is 1. The van der Waals surface area contributed by atoms with Crippen LogP contribution in [0.4, 0.5) is 10.9 Å². The molecule has 0 amide bonds. The molecule has 1 saturated carbocycles. The molecule has 6 nitrogen and oxygen atoms in total. The van der Waals surface area contributed by atoms with Gasteiger partial charge in [0.05, 0.1) is 0 Å². The summed E-state index contributed by atoms with van der Waals surface area (Å²) < 4.78 is 3.13. The molecule has 5 rings (SSSR count). The van der Waals surface area contributed by atoms with Gasteiger partial charge >= 0.3 is 0 Å². The predicted molar refractivity (Wildman–Crippen MR) is 129 cm³/mol. The molecule has 1 aromatic carbocycles. The van der Waals surface area contributed by atoms with Gasteiger partial charge in [-0.15, -0.1) is 5.10 Å². The number of nitrogens with zero attached hydrogens (tertiary/aromatic N) is 5. The van der Waals surface area contributed by atoms with Gasteiger partial charge in [0.25, 0.3) is 0 Å². The lowest BCUT2D eigenvalue weighted by molar-refractivity contribution is 0.258. The Morgan fingerprint density at radius 1 is 1.10 bits per heavy atom. The van der Waals surface area contributed by atoms with Crippen molar-refractivity contribution in [3.63, 3.8) is 0 Å². The Balaban J connectivity index is 1.45. The van der Waals surface area contributed by atoms with Crippen LogP contribution in [-0.4, -0.2) is 58.3 Å². The molecule has 2 fully saturated rings. The molecule has 0 spiro atoms. The fourth-order valence-electron chi connectivity index (χ4n) is 4.55. The number of hydrogen-bond donors (Lipinski definition) is 1. The Morgan fingerprint density at radius 2 is 1.83 bits per heavy atom. The molecule has 1 aliphatic heterocycles. The first-order valence-electron chi connectivity index (χ1n) is 11.1. The van der Waals surface area contributed by atoms with Crippen molar-refractivity contribution >= 4 is 43.2 Å². The van der Waals surface area contributed by atoms with E-state index in [9.17, 15) is 0 Å². The highest BCUT2D eigenvalue weighted by Gasteiger charge is 2.25. The van der Waals surface area contributed by atoms with Crippen LogP contribution < -0.4 is 10.2 Å². The Morgan fingerprint density at radius 3 is 2.53 bits per heavy atom. The van der Waals surface area contributed by atoms with Crippen LogP contribution in [-0.2, 0) is 0 Å². The Labute approximate surface area is 190 Å². The van der Waals surface area contributed by atoms with E-state index in [0.29, 0.717) is 6.04 Å². The maximum Gasteiger partial charge on any atom is 0.216 e. The molecular formula is C22H29BrN6S. The van der Waals surface area contributed by atoms with Crippen molar-refractivity contribution in [2.45, 2.75) is 45.1 Å². The van der Waals surface area contributed by atoms with Gasteiger partial charge in [0.15, 0.2) is 5.82 Å². The van der Waals surface area contributed by atoms with Crippen molar-refractivity contribution in [1.82, 2.24) is 19.5 Å². The summed E-state index contributed by atoms with van der Waals surface area (Å²) in [6.45, 7) is 7.77. The molecule has 1 saturated heterocycles. The Kier molecular flexibility index (Phi) is 5.98. The minimum atomic E-state index is 0.516. The lowest BCUT2D eigenvalue weighted by Crippen LogP contribution is -2.46. The van der Waals surface area contributed by atoms with Gasteiger partial charge in [-0.1, -0.05) is 59.2 Å². The molecule has 0 atom stereocenters. The highest BCUT2D eigenvalue weighted by molar-refractivity contribution is 9.10. The van der Waals surface area contributed by atoms with Crippen LogP contribution in [0.3, 0.4) is 0 Å². The number of anilines is 2. The van der Waals surface area contributed by atoms with Crippen molar-refractivity contribution in [2.24, 2.45) is 0 Å². The largest absolute Gasteiger partial charge is 0.365 e. The van der Waals surface area contributed by atoms with Crippen LogP contribution in [0.15, 0.2) is 28.7 Å². The average Bonchev–Trinajstić information content (AvgIpc) is 3.48. The number of fused-ring (bicyclic) bond motifs is 1. The quantitative estimate of drug-likeness (QED) is 0.522. The Bertz CT molecular complexity index is 983. The topological polar surface area (TPSA) is 48.7 Å². The van der Waals surface area contributed by atoms with Crippen LogP contribution in [0.2, 0.25) is 0 Å². The zero-order chi connectivity index (χ0) is 20.5. The first-order chi connectivity index (χ1) is 14.7. The molecule has 3 heterocycles. The Hall–Kier alpha value is -1.64. The highest BCUT2D eigenvalue weighted by atomic mass is 79.9. The number of rotatable bonds is 6. The van der Waals surface area contributed by atoms with Crippen LogP contribution in [0.5, 0.6) is 0 Å². The molecular weight excluding hydrogens is 460 g/mol. The SMILES string of the molecule is CCCN1CCN(c2nn3c(NC4CCCC4)c(-c4ccc(Br)cc4)nc3s2)CC1. The monoisotopic (exact) mass is 488 g/mol. The maximum absolute atomic E-state index is 5.02. The summed E-state index contributed by atoms with van der Waals surface area (Å²) in [6, 6.07) is 8.93. The number of hydrogen-bond acceptors (Lipinski definition) is 6. The number of benzene rings is 1. The van der Waals surface area contributed by atoms with E-state index in [1.807, 2.05) is 4.52 Å². The number of aromatic nitrogens is 3. The van der Waals surface area contributed by atoms with Gasteiger partial charge in [0.2, 0.25) is 10.1 Å². The zero-order valence-corrected chi connectivity index (χ0v) is 19.9. The number of imidazole rings is 1. The van der Waals surface area contributed by atoms with Gasteiger partial charge < -0.3 is 10.2 Å². The molecule has 2 aromatic heterocycles. The molecule has 2 aliphatic rings. The van der Waals surface area contributed by atoms with E-state index in [-0.39, 0.29) is 0 Å². The summed E-state index contributed by atoms with van der Waals surface area (Å²) in [5.41, 5.74) is 2.14. The summed E-state index contributed by atoms with van der Waals surface area (Å²) in [5, 5.41) is 9.90. The minimum Gasteiger partial charge on any atom is -0.365 e.